The van der Waals surface area contributed by atoms with Crippen molar-refractivity contribution in [2.75, 3.05) is 13.2 Å². The summed E-state index contributed by atoms with van der Waals surface area (Å²) in [5, 5.41) is 12.6. The Hall–Kier alpha value is -0.780. The average Bonchev–Trinajstić information content (AvgIpc) is 3.20. The molecule has 0 spiro atoms. The van der Waals surface area contributed by atoms with Gasteiger partial charge in [0.1, 0.15) is 5.75 Å². The van der Waals surface area contributed by atoms with E-state index in [9.17, 15) is 9.90 Å². The van der Waals surface area contributed by atoms with Crippen molar-refractivity contribution >= 4 is 33.4 Å². The van der Waals surface area contributed by atoms with Crippen LogP contribution in [0.4, 0.5) is 0 Å². The number of ether oxygens (including phenoxy) is 1. The summed E-state index contributed by atoms with van der Waals surface area (Å²) in [5.41, 5.74) is -0.101. The van der Waals surface area contributed by atoms with Crippen LogP contribution in [-0.4, -0.2) is 30.3 Å². The number of hydrogen-bond acceptors (Lipinski definition) is 3. The topological polar surface area (TPSA) is 58.6 Å². The van der Waals surface area contributed by atoms with E-state index in [2.05, 4.69) is 21.2 Å². The van der Waals surface area contributed by atoms with Gasteiger partial charge in [-0.2, -0.15) is 0 Å². The van der Waals surface area contributed by atoms with Gasteiger partial charge in [0.25, 0.3) is 5.91 Å². The van der Waals surface area contributed by atoms with E-state index < -0.39 is 6.10 Å². The number of rotatable bonds is 6. The number of amides is 1. The Balaban J connectivity index is 1.87. The molecule has 0 aromatic heterocycles. The van der Waals surface area contributed by atoms with Gasteiger partial charge in [-0.25, -0.2) is 0 Å². The van der Waals surface area contributed by atoms with Crippen molar-refractivity contribution in [1.29, 1.82) is 0 Å². The third-order valence-electron chi connectivity index (χ3n) is 3.50. The number of carbonyl (C=O) groups is 1. The lowest BCUT2D eigenvalue weighted by atomic mass is 10.1. The Kier molecular flexibility index (Phi) is 4.94. The van der Waals surface area contributed by atoms with Gasteiger partial charge in [0.05, 0.1) is 11.1 Å². The first-order valence-electron chi connectivity index (χ1n) is 6.46. The fraction of sp³-hybridized carbons (Fsp3) is 0.500. The van der Waals surface area contributed by atoms with Crippen molar-refractivity contribution in [2.45, 2.75) is 25.9 Å². The Morgan fingerprint density at radius 3 is 2.85 bits per heavy atom. The number of aliphatic hydroxyl groups excluding tert-OH is 1. The largest absolute Gasteiger partial charge is 0.480 e. The van der Waals surface area contributed by atoms with E-state index in [0.29, 0.717) is 21.8 Å². The van der Waals surface area contributed by atoms with E-state index in [1.165, 1.54) is 0 Å². The van der Waals surface area contributed by atoms with E-state index in [0.717, 1.165) is 12.8 Å². The minimum Gasteiger partial charge on any atom is -0.480 e. The maximum absolute atomic E-state index is 12.0. The summed E-state index contributed by atoms with van der Waals surface area (Å²) in [5.74, 6) is 0.381. The van der Waals surface area contributed by atoms with E-state index >= 15 is 0 Å². The van der Waals surface area contributed by atoms with Crippen LogP contribution in [0.25, 0.3) is 0 Å². The van der Waals surface area contributed by atoms with Crippen LogP contribution in [-0.2, 0) is 4.79 Å². The van der Waals surface area contributed by atoms with Gasteiger partial charge < -0.3 is 15.2 Å². The van der Waals surface area contributed by atoms with Crippen LogP contribution < -0.4 is 10.1 Å². The molecule has 20 heavy (non-hydrogen) atoms. The fourth-order valence-corrected chi connectivity index (χ4v) is 2.58. The van der Waals surface area contributed by atoms with Crippen molar-refractivity contribution in [3.8, 4) is 5.75 Å². The first-order valence-corrected chi connectivity index (χ1v) is 7.63. The maximum Gasteiger partial charge on any atom is 0.260 e. The first-order chi connectivity index (χ1) is 9.46. The van der Waals surface area contributed by atoms with Crippen LogP contribution in [0.1, 0.15) is 19.8 Å². The molecule has 1 amide bonds. The molecule has 4 nitrogen and oxygen atoms in total. The second-order valence-electron chi connectivity index (χ2n) is 5.21. The van der Waals surface area contributed by atoms with Gasteiger partial charge in [-0.3, -0.25) is 4.79 Å². The molecule has 1 atom stereocenters. The molecule has 110 valence electrons. The molecule has 1 fully saturated rings. The summed E-state index contributed by atoms with van der Waals surface area (Å²) in [7, 11) is 0. The average molecular weight is 363 g/mol. The predicted octanol–water partition coefficient (Wildman–Crippen LogP) is 2.76. The van der Waals surface area contributed by atoms with Crippen molar-refractivity contribution in [1.82, 2.24) is 5.32 Å². The molecule has 6 heteroatoms. The third kappa shape index (κ3) is 3.87. The standard InChI is InChI=1S/C14H17BrClNO3/c1-9(13(19)17-7-14(8-18)4-5-14)20-12-3-2-10(16)6-11(12)15/h2-3,6,9,18H,4-5,7-8H2,1H3,(H,17,19). The summed E-state index contributed by atoms with van der Waals surface area (Å²) < 4.78 is 6.31. The SMILES string of the molecule is CC(Oc1ccc(Cl)cc1Br)C(=O)NCC1(CO)CC1. The van der Waals surface area contributed by atoms with Gasteiger partial charge in [0.2, 0.25) is 0 Å². The molecule has 0 saturated heterocycles. The number of halogens is 2. The molecule has 0 aliphatic heterocycles. The molecule has 1 aliphatic rings. The molecule has 0 bridgehead atoms. The quantitative estimate of drug-likeness (QED) is 0.818. The fourth-order valence-electron chi connectivity index (χ4n) is 1.80. The van der Waals surface area contributed by atoms with Crippen LogP contribution in [0.2, 0.25) is 5.02 Å². The van der Waals surface area contributed by atoms with Crippen molar-refractivity contribution in [3.05, 3.63) is 27.7 Å². The highest BCUT2D eigenvalue weighted by Gasteiger charge is 2.42. The van der Waals surface area contributed by atoms with Crippen LogP contribution in [0.3, 0.4) is 0 Å². The highest BCUT2D eigenvalue weighted by Crippen LogP contribution is 2.44. The monoisotopic (exact) mass is 361 g/mol. The van der Waals surface area contributed by atoms with Gasteiger partial charge in [-0.1, -0.05) is 11.6 Å². The Bertz CT molecular complexity index is 505. The summed E-state index contributed by atoms with van der Waals surface area (Å²) in [6.45, 7) is 2.30. The van der Waals surface area contributed by atoms with E-state index in [1.54, 1.807) is 25.1 Å². The lowest BCUT2D eigenvalue weighted by Gasteiger charge is -2.18. The molecule has 1 unspecified atom stereocenters. The van der Waals surface area contributed by atoms with Gasteiger partial charge in [-0.05, 0) is 53.9 Å². The number of nitrogens with one attached hydrogen (secondary N) is 1. The summed E-state index contributed by atoms with van der Waals surface area (Å²) in [6, 6.07) is 5.13. The predicted molar refractivity (Wildman–Crippen MR) is 81.0 cm³/mol. The lowest BCUT2D eigenvalue weighted by Crippen LogP contribution is -2.40. The zero-order chi connectivity index (χ0) is 14.8. The van der Waals surface area contributed by atoms with Crippen molar-refractivity contribution < 1.29 is 14.6 Å². The summed E-state index contributed by atoms with van der Waals surface area (Å²) in [6.07, 6.45) is 1.31. The van der Waals surface area contributed by atoms with Crippen molar-refractivity contribution in [2.24, 2.45) is 5.41 Å². The second kappa shape index (κ2) is 6.33. The van der Waals surface area contributed by atoms with Crippen LogP contribution in [0, 0.1) is 5.41 Å². The molecule has 2 N–H and O–H groups in total. The Labute approximate surface area is 131 Å². The van der Waals surface area contributed by atoms with Crippen LogP contribution in [0.5, 0.6) is 5.75 Å². The molecule has 0 radical (unpaired) electrons. The van der Waals surface area contributed by atoms with Crippen LogP contribution in [0.15, 0.2) is 22.7 Å². The zero-order valence-electron chi connectivity index (χ0n) is 11.2. The van der Waals surface area contributed by atoms with E-state index in [4.69, 9.17) is 16.3 Å². The number of hydrogen-bond donors (Lipinski definition) is 2. The molecule has 1 saturated carbocycles. The highest BCUT2D eigenvalue weighted by atomic mass is 79.9. The Morgan fingerprint density at radius 2 is 2.30 bits per heavy atom. The molecule has 1 aromatic carbocycles. The molecule has 0 heterocycles. The maximum atomic E-state index is 12.0. The highest BCUT2D eigenvalue weighted by molar-refractivity contribution is 9.10. The second-order valence-corrected chi connectivity index (χ2v) is 6.50. The van der Waals surface area contributed by atoms with Gasteiger partial charge in [-0.15, -0.1) is 0 Å². The van der Waals surface area contributed by atoms with Gasteiger partial charge in [0, 0.05) is 17.0 Å². The summed E-state index contributed by atoms with van der Waals surface area (Å²) >= 11 is 9.19. The molecular weight excluding hydrogens is 346 g/mol. The number of aliphatic hydroxyl groups is 1. The normalized spacial score (nSPS) is 17.4. The first kappa shape index (κ1) is 15.6. The lowest BCUT2D eigenvalue weighted by molar-refractivity contribution is -0.127. The van der Waals surface area contributed by atoms with Gasteiger partial charge in [0.15, 0.2) is 6.10 Å². The van der Waals surface area contributed by atoms with Crippen molar-refractivity contribution in [3.63, 3.8) is 0 Å². The van der Waals surface area contributed by atoms with Crippen LogP contribution >= 0.6 is 27.5 Å². The summed E-state index contributed by atoms with van der Waals surface area (Å²) in [4.78, 5) is 12.0. The minimum absolute atomic E-state index is 0.101. The molecular formula is C14H17BrClNO3. The number of carbonyl (C=O) groups excluding carboxylic acids is 1. The zero-order valence-corrected chi connectivity index (χ0v) is 13.5. The Morgan fingerprint density at radius 1 is 1.60 bits per heavy atom. The van der Waals surface area contributed by atoms with E-state index in [1.807, 2.05) is 0 Å². The third-order valence-corrected chi connectivity index (χ3v) is 4.35. The smallest absolute Gasteiger partial charge is 0.260 e. The van der Waals surface area contributed by atoms with E-state index in [-0.39, 0.29) is 17.9 Å². The number of benzene rings is 1. The van der Waals surface area contributed by atoms with Gasteiger partial charge >= 0.3 is 0 Å². The molecule has 1 aliphatic carbocycles. The molecule has 1 aromatic rings. The minimum atomic E-state index is -0.609. The molecule has 2 rings (SSSR count).